The zero-order chi connectivity index (χ0) is 14.4. The number of rotatable bonds is 7. The summed E-state index contributed by atoms with van der Waals surface area (Å²) in [5.41, 5.74) is 0.826. The van der Waals surface area contributed by atoms with Crippen LogP contribution in [0.15, 0.2) is 42.5 Å². The second-order valence-corrected chi connectivity index (χ2v) is 5.39. The third kappa shape index (κ3) is 3.91. The number of hydrogen-bond acceptors (Lipinski definition) is 2. The van der Waals surface area contributed by atoms with E-state index in [2.05, 4.69) is 31.0 Å². The number of carbonyl (C=O) groups is 1. The van der Waals surface area contributed by atoms with Gasteiger partial charge in [0.2, 0.25) is 0 Å². The molecule has 0 aromatic heterocycles. The molecular weight excluding hydrogens is 246 g/mol. The van der Waals surface area contributed by atoms with Crippen LogP contribution in [0.5, 0.6) is 0 Å². The average molecular weight is 269 g/mol. The van der Waals surface area contributed by atoms with E-state index >= 15 is 0 Å². The summed E-state index contributed by atoms with van der Waals surface area (Å²) in [5, 5.41) is 2.32. The molecule has 0 saturated heterocycles. The summed E-state index contributed by atoms with van der Waals surface area (Å²) in [7, 11) is 2.09. The number of carbonyl (C=O) groups excluding carboxylic acids is 1. The summed E-state index contributed by atoms with van der Waals surface area (Å²) in [6.45, 7) is 4.10. The van der Waals surface area contributed by atoms with Gasteiger partial charge in [0.05, 0.1) is 0 Å². The van der Waals surface area contributed by atoms with E-state index in [0.717, 1.165) is 24.0 Å². The monoisotopic (exact) mass is 269 g/mol. The minimum Gasteiger partial charge on any atom is -0.306 e. The van der Waals surface area contributed by atoms with Crippen LogP contribution in [0.2, 0.25) is 0 Å². The lowest BCUT2D eigenvalue weighted by Crippen LogP contribution is -2.22. The quantitative estimate of drug-likeness (QED) is 0.704. The van der Waals surface area contributed by atoms with Crippen LogP contribution in [0.25, 0.3) is 10.8 Å². The number of nitrogens with zero attached hydrogens (tertiary/aromatic N) is 1. The predicted octanol–water partition coefficient (Wildman–Crippen LogP) is 4.14. The Morgan fingerprint density at radius 3 is 2.55 bits per heavy atom. The fourth-order valence-electron chi connectivity index (χ4n) is 2.34. The maximum Gasteiger partial charge on any atom is 0.164 e. The molecule has 0 bridgehead atoms. The van der Waals surface area contributed by atoms with Crippen molar-refractivity contribution in [3.05, 3.63) is 48.0 Å². The molecule has 2 aromatic carbocycles. The molecule has 0 aliphatic heterocycles. The molecule has 0 spiro atoms. The second kappa shape index (κ2) is 7.20. The van der Waals surface area contributed by atoms with Gasteiger partial charge in [0, 0.05) is 18.5 Å². The molecule has 0 radical (unpaired) electrons. The van der Waals surface area contributed by atoms with Crippen LogP contribution >= 0.6 is 0 Å². The molecule has 0 heterocycles. The van der Waals surface area contributed by atoms with Gasteiger partial charge in [0.25, 0.3) is 0 Å². The van der Waals surface area contributed by atoms with Gasteiger partial charge in [0.15, 0.2) is 5.78 Å². The van der Waals surface area contributed by atoms with Crippen LogP contribution in [-0.4, -0.2) is 30.8 Å². The Morgan fingerprint density at radius 1 is 1.05 bits per heavy atom. The van der Waals surface area contributed by atoms with Crippen LogP contribution in [0, 0.1) is 0 Å². The normalized spacial score (nSPS) is 11.2. The van der Waals surface area contributed by atoms with Crippen molar-refractivity contribution in [3.8, 4) is 0 Å². The Balaban J connectivity index is 1.97. The van der Waals surface area contributed by atoms with Crippen molar-refractivity contribution in [3.63, 3.8) is 0 Å². The zero-order valence-corrected chi connectivity index (χ0v) is 12.4. The molecule has 0 atom stereocenters. The maximum atomic E-state index is 12.2. The first-order valence-electron chi connectivity index (χ1n) is 7.41. The third-order valence-electron chi connectivity index (χ3n) is 3.69. The highest BCUT2D eigenvalue weighted by Gasteiger charge is 2.08. The number of fused-ring (bicyclic) bond motifs is 1. The van der Waals surface area contributed by atoms with E-state index in [1.165, 1.54) is 18.2 Å². The standard InChI is InChI=1S/C18H23NO/c1-3-4-12-19(2)13-11-18(20)17-10-9-15-7-5-6-8-16(15)14-17/h5-10,14H,3-4,11-13H2,1-2H3. The topological polar surface area (TPSA) is 20.3 Å². The molecule has 0 N–H and O–H groups in total. The van der Waals surface area contributed by atoms with Crippen LogP contribution in [0.1, 0.15) is 36.5 Å². The first-order valence-corrected chi connectivity index (χ1v) is 7.41. The Kier molecular flexibility index (Phi) is 5.31. The number of hydrogen-bond donors (Lipinski definition) is 0. The molecule has 0 amide bonds. The lowest BCUT2D eigenvalue weighted by Gasteiger charge is -2.15. The molecule has 0 fully saturated rings. The van der Waals surface area contributed by atoms with E-state index in [9.17, 15) is 4.79 Å². The van der Waals surface area contributed by atoms with Crippen molar-refractivity contribution in [2.75, 3.05) is 20.1 Å². The predicted molar refractivity (Wildman–Crippen MR) is 85.3 cm³/mol. The molecule has 2 rings (SSSR count). The van der Waals surface area contributed by atoms with Gasteiger partial charge in [0.1, 0.15) is 0 Å². The molecule has 0 unspecified atom stereocenters. The van der Waals surface area contributed by atoms with Crippen molar-refractivity contribution in [1.29, 1.82) is 0 Å². The number of ketones is 1. The number of unbranched alkanes of at least 4 members (excludes halogenated alkanes) is 1. The summed E-state index contributed by atoms with van der Waals surface area (Å²) in [6, 6.07) is 14.1. The molecular formula is C18H23NO. The summed E-state index contributed by atoms with van der Waals surface area (Å²) in [6.07, 6.45) is 2.99. The highest BCUT2D eigenvalue weighted by atomic mass is 16.1. The average Bonchev–Trinajstić information content (AvgIpc) is 2.50. The molecule has 20 heavy (non-hydrogen) atoms. The van der Waals surface area contributed by atoms with Crippen molar-refractivity contribution in [2.45, 2.75) is 26.2 Å². The fraction of sp³-hybridized carbons (Fsp3) is 0.389. The Bertz CT molecular complexity index is 576. The molecule has 106 valence electrons. The lowest BCUT2D eigenvalue weighted by molar-refractivity contribution is 0.0969. The SMILES string of the molecule is CCCCN(C)CCC(=O)c1ccc2ccccc2c1. The van der Waals surface area contributed by atoms with Crippen molar-refractivity contribution in [2.24, 2.45) is 0 Å². The van der Waals surface area contributed by atoms with Crippen LogP contribution in [-0.2, 0) is 0 Å². The van der Waals surface area contributed by atoms with Gasteiger partial charge in [-0.05, 0) is 36.9 Å². The maximum absolute atomic E-state index is 12.2. The molecule has 0 aliphatic rings. The molecule has 2 heteroatoms. The van der Waals surface area contributed by atoms with E-state index in [1.807, 2.05) is 30.3 Å². The van der Waals surface area contributed by atoms with Crippen molar-refractivity contribution < 1.29 is 4.79 Å². The van der Waals surface area contributed by atoms with Crippen molar-refractivity contribution >= 4 is 16.6 Å². The van der Waals surface area contributed by atoms with E-state index in [0.29, 0.717) is 6.42 Å². The Morgan fingerprint density at radius 2 is 1.80 bits per heavy atom. The van der Waals surface area contributed by atoms with Gasteiger partial charge in [-0.25, -0.2) is 0 Å². The summed E-state index contributed by atoms with van der Waals surface area (Å²) in [5.74, 6) is 0.235. The minimum absolute atomic E-state index is 0.235. The number of benzene rings is 2. The number of Topliss-reactive ketones (excluding diaryl/α,β-unsaturated/α-hetero) is 1. The molecule has 2 nitrogen and oxygen atoms in total. The molecule has 0 aliphatic carbocycles. The molecule has 2 aromatic rings. The Hall–Kier alpha value is -1.67. The van der Waals surface area contributed by atoms with E-state index in [4.69, 9.17) is 0 Å². The van der Waals surface area contributed by atoms with Gasteiger partial charge in [-0.15, -0.1) is 0 Å². The van der Waals surface area contributed by atoms with E-state index in [-0.39, 0.29) is 5.78 Å². The van der Waals surface area contributed by atoms with Gasteiger partial charge in [-0.1, -0.05) is 49.7 Å². The fourth-order valence-corrected chi connectivity index (χ4v) is 2.34. The first kappa shape index (κ1) is 14.7. The highest BCUT2D eigenvalue weighted by molar-refractivity contribution is 6.00. The van der Waals surface area contributed by atoms with Gasteiger partial charge in [-0.3, -0.25) is 4.79 Å². The Labute approximate surface area is 121 Å². The van der Waals surface area contributed by atoms with E-state index < -0.39 is 0 Å². The van der Waals surface area contributed by atoms with Gasteiger partial charge >= 0.3 is 0 Å². The van der Waals surface area contributed by atoms with Crippen LogP contribution < -0.4 is 0 Å². The lowest BCUT2D eigenvalue weighted by atomic mass is 10.0. The minimum atomic E-state index is 0.235. The highest BCUT2D eigenvalue weighted by Crippen LogP contribution is 2.16. The summed E-state index contributed by atoms with van der Waals surface area (Å²) in [4.78, 5) is 14.5. The third-order valence-corrected chi connectivity index (χ3v) is 3.69. The van der Waals surface area contributed by atoms with Crippen LogP contribution in [0.3, 0.4) is 0 Å². The van der Waals surface area contributed by atoms with E-state index in [1.54, 1.807) is 0 Å². The van der Waals surface area contributed by atoms with Crippen molar-refractivity contribution in [1.82, 2.24) is 4.90 Å². The van der Waals surface area contributed by atoms with Gasteiger partial charge in [-0.2, -0.15) is 0 Å². The molecule has 0 saturated carbocycles. The second-order valence-electron chi connectivity index (χ2n) is 5.39. The summed E-state index contributed by atoms with van der Waals surface area (Å²) < 4.78 is 0. The van der Waals surface area contributed by atoms with Crippen LogP contribution in [0.4, 0.5) is 0 Å². The first-order chi connectivity index (χ1) is 9.70. The smallest absolute Gasteiger partial charge is 0.164 e. The largest absolute Gasteiger partial charge is 0.306 e. The summed E-state index contributed by atoms with van der Waals surface area (Å²) >= 11 is 0. The zero-order valence-electron chi connectivity index (χ0n) is 12.4. The van der Waals surface area contributed by atoms with Gasteiger partial charge < -0.3 is 4.90 Å².